The van der Waals surface area contributed by atoms with Gasteiger partial charge < -0.3 is 5.32 Å². The Kier molecular flexibility index (Phi) is 4.64. The molecule has 0 atom stereocenters. The van der Waals surface area contributed by atoms with E-state index in [0.717, 1.165) is 25.2 Å². The molecular weight excluding hydrogens is 321 g/mol. The molecule has 1 aliphatic rings. The highest BCUT2D eigenvalue weighted by Crippen LogP contribution is 2.26. The van der Waals surface area contributed by atoms with Gasteiger partial charge in [-0.25, -0.2) is 21.6 Å². The summed E-state index contributed by atoms with van der Waals surface area (Å²) in [6, 6.07) is 1.57. The molecule has 1 N–H and O–H groups in total. The minimum absolute atomic E-state index is 0.110. The van der Waals surface area contributed by atoms with Crippen LogP contribution < -0.4 is 9.62 Å². The average molecular weight is 336 g/mol. The molecule has 1 aromatic carbocycles. The Bertz CT molecular complexity index is 690. The van der Waals surface area contributed by atoms with Gasteiger partial charge in [0.1, 0.15) is 0 Å². The molecule has 1 aliphatic carbocycles. The van der Waals surface area contributed by atoms with Gasteiger partial charge in [-0.3, -0.25) is 9.10 Å². The van der Waals surface area contributed by atoms with E-state index in [4.69, 9.17) is 0 Å². The highest BCUT2D eigenvalue weighted by atomic mass is 32.2. The van der Waals surface area contributed by atoms with E-state index in [9.17, 15) is 26.4 Å². The molecule has 1 saturated carbocycles. The Balaban J connectivity index is 2.19. The van der Waals surface area contributed by atoms with E-state index in [-0.39, 0.29) is 24.9 Å². The second-order valence-corrected chi connectivity index (χ2v) is 7.03. The largest absolute Gasteiger partial charge is 0.353 e. The van der Waals surface area contributed by atoms with Crippen molar-refractivity contribution in [1.82, 2.24) is 5.32 Å². The van der Waals surface area contributed by atoms with E-state index in [1.54, 1.807) is 0 Å². The van der Waals surface area contributed by atoms with Crippen molar-refractivity contribution >= 4 is 21.6 Å². The number of anilines is 1. The van der Waals surface area contributed by atoms with Crippen LogP contribution in [0.3, 0.4) is 0 Å². The molecule has 0 radical (unpaired) electrons. The smallest absolute Gasteiger partial charge is 0.232 e. The van der Waals surface area contributed by atoms with Crippen LogP contribution in [-0.2, 0) is 14.8 Å². The lowest BCUT2D eigenvalue weighted by molar-refractivity contribution is -0.121. The fourth-order valence-electron chi connectivity index (χ4n) is 1.90. The fraction of sp³-hybridized carbons (Fsp3) is 0.462. The Labute approximate surface area is 126 Å². The zero-order valence-electron chi connectivity index (χ0n) is 11.8. The third kappa shape index (κ3) is 3.90. The molecule has 0 saturated heterocycles. The monoisotopic (exact) mass is 336 g/mol. The highest BCUT2D eigenvalue weighted by molar-refractivity contribution is 7.92. The predicted molar refractivity (Wildman–Crippen MR) is 74.3 cm³/mol. The van der Waals surface area contributed by atoms with Gasteiger partial charge in [-0.1, -0.05) is 0 Å². The van der Waals surface area contributed by atoms with Gasteiger partial charge in [0, 0.05) is 19.0 Å². The first kappa shape index (κ1) is 16.6. The van der Waals surface area contributed by atoms with Crippen molar-refractivity contribution in [2.45, 2.75) is 25.3 Å². The molecule has 0 aromatic heterocycles. The van der Waals surface area contributed by atoms with E-state index in [1.807, 2.05) is 0 Å². The lowest BCUT2D eigenvalue weighted by Crippen LogP contribution is -2.35. The van der Waals surface area contributed by atoms with Crippen LogP contribution in [0.5, 0.6) is 0 Å². The van der Waals surface area contributed by atoms with Crippen LogP contribution in [0.15, 0.2) is 12.1 Å². The van der Waals surface area contributed by atoms with Crippen molar-refractivity contribution in [3.05, 3.63) is 29.6 Å². The highest BCUT2D eigenvalue weighted by Gasteiger charge is 2.27. The Morgan fingerprint density at radius 3 is 2.45 bits per heavy atom. The summed E-state index contributed by atoms with van der Waals surface area (Å²) in [6.45, 7) is -0.362. The molecular formula is C13H15F3N2O3S. The molecule has 9 heteroatoms. The number of hydrogen-bond donors (Lipinski definition) is 1. The zero-order chi connectivity index (χ0) is 16.5. The van der Waals surface area contributed by atoms with Gasteiger partial charge in [0.15, 0.2) is 17.5 Å². The van der Waals surface area contributed by atoms with Gasteiger partial charge in [-0.05, 0) is 25.0 Å². The number of nitrogens with one attached hydrogen (secondary N) is 1. The fourth-order valence-corrected chi connectivity index (χ4v) is 2.83. The molecule has 0 spiro atoms. The average Bonchev–Trinajstić information content (AvgIpc) is 3.21. The van der Waals surface area contributed by atoms with Crippen LogP contribution >= 0.6 is 0 Å². The summed E-state index contributed by atoms with van der Waals surface area (Å²) < 4.78 is 64.0. The molecule has 22 heavy (non-hydrogen) atoms. The zero-order valence-corrected chi connectivity index (χ0v) is 12.6. The van der Waals surface area contributed by atoms with Crippen molar-refractivity contribution in [2.75, 3.05) is 17.1 Å². The number of benzene rings is 1. The molecule has 0 bridgehead atoms. The summed E-state index contributed by atoms with van der Waals surface area (Å²) in [5.41, 5.74) is -0.624. The number of carbonyl (C=O) groups is 1. The summed E-state index contributed by atoms with van der Waals surface area (Å²) >= 11 is 0. The second kappa shape index (κ2) is 6.15. The summed E-state index contributed by atoms with van der Waals surface area (Å²) in [5.74, 6) is -5.15. The molecule has 1 aromatic rings. The molecule has 0 aliphatic heterocycles. The third-order valence-electron chi connectivity index (χ3n) is 3.17. The lowest BCUT2D eigenvalue weighted by atomic mass is 10.2. The van der Waals surface area contributed by atoms with Gasteiger partial charge in [0.05, 0.1) is 11.9 Å². The number of hydrogen-bond acceptors (Lipinski definition) is 3. The molecule has 0 unspecified atom stereocenters. The van der Waals surface area contributed by atoms with Crippen LogP contribution in [0.4, 0.5) is 18.9 Å². The lowest BCUT2D eigenvalue weighted by Gasteiger charge is -2.22. The van der Waals surface area contributed by atoms with E-state index in [1.165, 1.54) is 0 Å². The predicted octanol–water partition coefficient (Wildman–Crippen LogP) is 1.54. The summed E-state index contributed by atoms with van der Waals surface area (Å²) in [5, 5.41) is 2.66. The van der Waals surface area contributed by atoms with Gasteiger partial charge in [-0.2, -0.15) is 0 Å². The second-order valence-electron chi connectivity index (χ2n) is 5.12. The van der Waals surface area contributed by atoms with Gasteiger partial charge in [0.2, 0.25) is 15.9 Å². The molecule has 2 rings (SSSR count). The molecule has 1 amide bonds. The summed E-state index contributed by atoms with van der Waals surface area (Å²) in [4.78, 5) is 11.6. The van der Waals surface area contributed by atoms with Crippen LogP contribution in [0.1, 0.15) is 19.3 Å². The van der Waals surface area contributed by atoms with Crippen molar-refractivity contribution in [2.24, 2.45) is 0 Å². The number of amides is 1. The summed E-state index contributed by atoms with van der Waals surface area (Å²) in [7, 11) is -3.95. The molecule has 5 nitrogen and oxygen atoms in total. The molecule has 0 heterocycles. The molecule has 122 valence electrons. The topological polar surface area (TPSA) is 66.5 Å². The van der Waals surface area contributed by atoms with Crippen LogP contribution in [0, 0.1) is 17.5 Å². The van der Waals surface area contributed by atoms with Gasteiger partial charge in [0.25, 0.3) is 0 Å². The minimum atomic E-state index is -3.95. The van der Waals surface area contributed by atoms with Gasteiger partial charge in [-0.15, -0.1) is 0 Å². The first-order valence-corrected chi connectivity index (χ1v) is 8.45. The number of rotatable bonds is 6. The Morgan fingerprint density at radius 1 is 1.27 bits per heavy atom. The minimum Gasteiger partial charge on any atom is -0.353 e. The van der Waals surface area contributed by atoms with E-state index < -0.39 is 33.2 Å². The van der Waals surface area contributed by atoms with E-state index in [0.29, 0.717) is 10.4 Å². The third-order valence-corrected chi connectivity index (χ3v) is 4.35. The Morgan fingerprint density at radius 2 is 1.91 bits per heavy atom. The van der Waals surface area contributed by atoms with E-state index >= 15 is 0 Å². The summed E-state index contributed by atoms with van der Waals surface area (Å²) in [6.07, 6.45) is 2.34. The van der Waals surface area contributed by atoms with E-state index in [2.05, 4.69) is 5.32 Å². The van der Waals surface area contributed by atoms with Crippen LogP contribution in [0.25, 0.3) is 0 Å². The number of carbonyl (C=O) groups excluding carboxylic acids is 1. The SMILES string of the molecule is CS(=O)(=O)N(CCC(=O)NC1CC1)c1ccc(F)c(F)c1F. The van der Waals surface area contributed by atoms with Crippen molar-refractivity contribution in [3.8, 4) is 0 Å². The van der Waals surface area contributed by atoms with Gasteiger partial charge >= 0.3 is 0 Å². The number of sulfonamides is 1. The van der Waals surface area contributed by atoms with Crippen molar-refractivity contribution in [1.29, 1.82) is 0 Å². The van der Waals surface area contributed by atoms with Crippen molar-refractivity contribution < 1.29 is 26.4 Å². The van der Waals surface area contributed by atoms with Crippen LogP contribution in [-0.4, -0.2) is 33.2 Å². The molecule has 1 fully saturated rings. The van der Waals surface area contributed by atoms with Crippen molar-refractivity contribution in [3.63, 3.8) is 0 Å². The quantitative estimate of drug-likeness (QED) is 0.802. The first-order valence-electron chi connectivity index (χ1n) is 6.60. The maximum atomic E-state index is 13.8. The maximum absolute atomic E-state index is 13.8. The Hall–Kier alpha value is -1.77. The standard InChI is InChI=1S/C13H15F3N2O3S/c1-22(20,21)18(7-6-11(19)17-8-2-3-8)10-5-4-9(14)12(15)13(10)16/h4-5,8H,2-3,6-7H2,1H3,(H,17,19). The number of nitrogens with zero attached hydrogens (tertiary/aromatic N) is 1. The normalized spacial score (nSPS) is 14.7. The maximum Gasteiger partial charge on any atom is 0.232 e. The van der Waals surface area contributed by atoms with Crippen LogP contribution in [0.2, 0.25) is 0 Å². The first-order chi connectivity index (χ1) is 10.2. The number of halogens is 3.